The van der Waals surface area contributed by atoms with Crippen LogP contribution in [-0.2, 0) is 14.8 Å². The largest absolute Gasteiger partial charge is 0.462 e. The summed E-state index contributed by atoms with van der Waals surface area (Å²) in [4.78, 5) is 22.1. The van der Waals surface area contributed by atoms with Crippen LogP contribution in [0.1, 0.15) is 22.8 Å². The standard InChI is InChI=1S/C19H20N2O6S/c1-4-12-20(18-13-15(7-6-14(18)3)19(22)27-5-2)28(25,26)17-10-8-16(9-11-17)21(23)24/h4,6-11,13H,1,5,12H2,2-3H3. The molecule has 0 amide bonds. The molecule has 0 saturated heterocycles. The molecule has 0 aromatic heterocycles. The number of nitro benzene ring substituents is 1. The van der Waals surface area contributed by atoms with Gasteiger partial charge in [-0.2, -0.15) is 0 Å². The zero-order chi connectivity index (χ0) is 20.9. The molecule has 2 aromatic rings. The summed E-state index contributed by atoms with van der Waals surface area (Å²) in [6, 6.07) is 9.23. The highest BCUT2D eigenvalue weighted by molar-refractivity contribution is 7.92. The highest BCUT2D eigenvalue weighted by Crippen LogP contribution is 2.29. The molecule has 0 atom stereocenters. The minimum absolute atomic E-state index is 0.0492. The maximum Gasteiger partial charge on any atom is 0.338 e. The van der Waals surface area contributed by atoms with Crippen molar-refractivity contribution in [3.05, 3.63) is 76.4 Å². The van der Waals surface area contributed by atoms with E-state index >= 15 is 0 Å². The van der Waals surface area contributed by atoms with Crippen LogP contribution in [0.25, 0.3) is 0 Å². The van der Waals surface area contributed by atoms with Crippen molar-refractivity contribution >= 4 is 27.4 Å². The lowest BCUT2D eigenvalue weighted by atomic mass is 10.1. The van der Waals surface area contributed by atoms with E-state index in [9.17, 15) is 23.3 Å². The minimum Gasteiger partial charge on any atom is -0.462 e. The lowest BCUT2D eigenvalue weighted by Crippen LogP contribution is -2.32. The number of carbonyl (C=O) groups is 1. The van der Waals surface area contributed by atoms with Crippen LogP contribution in [0.3, 0.4) is 0 Å². The Kier molecular flexibility index (Phi) is 6.53. The Bertz CT molecular complexity index is 1000. The summed E-state index contributed by atoms with van der Waals surface area (Å²) in [6.07, 6.45) is 1.42. The molecule has 8 nitrogen and oxygen atoms in total. The number of non-ortho nitro benzene ring substituents is 1. The maximum atomic E-state index is 13.2. The molecule has 28 heavy (non-hydrogen) atoms. The molecule has 0 bridgehead atoms. The molecule has 2 rings (SSSR count). The van der Waals surface area contributed by atoms with Crippen LogP contribution >= 0.6 is 0 Å². The molecule has 0 radical (unpaired) electrons. The first-order chi connectivity index (χ1) is 13.2. The number of benzene rings is 2. The van der Waals surface area contributed by atoms with Crippen molar-refractivity contribution in [2.24, 2.45) is 0 Å². The van der Waals surface area contributed by atoms with Crippen molar-refractivity contribution in [3.8, 4) is 0 Å². The fraction of sp³-hybridized carbons (Fsp3) is 0.211. The van der Waals surface area contributed by atoms with Crippen molar-refractivity contribution in [1.29, 1.82) is 0 Å². The van der Waals surface area contributed by atoms with Gasteiger partial charge in [0.2, 0.25) is 0 Å². The van der Waals surface area contributed by atoms with Crippen molar-refractivity contribution in [2.75, 3.05) is 17.5 Å². The van der Waals surface area contributed by atoms with Gasteiger partial charge < -0.3 is 4.74 Å². The van der Waals surface area contributed by atoms with Crippen molar-refractivity contribution in [2.45, 2.75) is 18.7 Å². The van der Waals surface area contributed by atoms with Crippen molar-refractivity contribution < 1.29 is 22.9 Å². The Balaban J connectivity index is 2.55. The van der Waals surface area contributed by atoms with Crippen molar-refractivity contribution in [1.82, 2.24) is 0 Å². The van der Waals surface area contributed by atoms with E-state index in [2.05, 4.69) is 6.58 Å². The quantitative estimate of drug-likeness (QED) is 0.289. The van der Waals surface area contributed by atoms with E-state index in [4.69, 9.17) is 4.74 Å². The normalized spacial score (nSPS) is 10.9. The van der Waals surface area contributed by atoms with Gasteiger partial charge in [0.15, 0.2) is 0 Å². The number of aryl methyl sites for hydroxylation is 1. The van der Waals surface area contributed by atoms with Gasteiger partial charge in [-0.15, -0.1) is 6.58 Å². The topological polar surface area (TPSA) is 107 Å². The minimum atomic E-state index is -4.05. The summed E-state index contributed by atoms with van der Waals surface area (Å²) in [7, 11) is -4.05. The average Bonchev–Trinajstić information content (AvgIpc) is 2.67. The summed E-state index contributed by atoms with van der Waals surface area (Å²) in [5.74, 6) is -0.560. The second-order valence-corrected chi connectivity index (χ2v) is 7.66. The summed E-state index contributed by atoms with van der Waals surface area (Å²) in [5, 5.41) is 10.8. The Morgan fingerprint density at radius 2 is 1.89 bits per heavy atom. The van der Waals surface area contributed by atoms with E-state index in [0.29, 0.717) is 11.3 Å². The molecular formula is C19H20N2O6S. The number of ether oxygens (including phenoxy) is 1. The second-order valence-electron chi connectivity index (χ2n) is 5.80. The lowest BCUT2D eigenvalue weighted by Gasteiger charge is -2.25. The highest BCUT2D eigenvalue weighted by atomic mass is 32.2. The van der Waals surface area contributed by atoms with Gasteiger partial charge in [0, 0.05) is 12.1 Å². The van der Waals surface area contributed by atoms with Crippen LogP contribution in [0.4, 0.5) is 11.4 Å². The third-order valence-corrected chi connectivity index (χ3v) is 5.71. The third kappa shape index (κ3) is 4.37. The number of sulfonamides is 1. The molecule has 0 heterocycles. The number of esters is 1. The number of nitrogens with zero attached hydrogens (tertiary/aromatic N) is 2. The Morgan fingerprint density at radius 1 is 1.25 bits per heavy atom. The molecule has 148 valence electrons. The predicted octanol–water partition coefficient (Wildman–Crippen LogP) is 3.46. The molecular weight excluding hydrogens is 384 g/mol. The van der Waals surface area contributed by atoms with Crippen LogP contribution in [0.5, 0.6) is 0 Å². The number of carbonyl (C=O) groups excluding carboxylic acids is 1. The van der Waals surface area contributed by atoms with Crippen LogP contribution in [0, 0.1) is 17.0 Å². The second kappa shape index (κ2) is 8.66. The van der Waals surface area contributed by atoms with E-state index in [-0.39, 0.29) is 29.3 Å². The lowest BCUT2D eigenvalue weighted by molar-refractivity contribution is -0.384. The first-order valence-electron chi connectivity index (χ1n) is 8.38. The summed E-state index contributed by atoms with van der Waals surface area (Å²) >= 11 is 0. The molecule has 0 aliphatic rings. The molecule has 0 aliphatic carbocycles. The van der Waals surface area contributed by atoms with E-state index in [1.54, 1.807) is 26.0 Å². The summed E-state index contributed by atoms with van der Waals surface area (Å²) in [5.41, 5.74) is 0.925. The van der Waals surface area contributed by atoms with E-state index in [1.165, 1.54) is 24.3 Å². The van der Waals surface area contributed by atoms with E-state index < -0.39 is 20.9 Å². The van der Waals surface area contributed by atoms with E-state index in [1.807, 2.05) is 0 Å². The van der Waals surface area contributed by atoms with Crippen molar-refractivity contribution in [3.63, 3.8) is 0 Å². The smallest absolute Gasteiger partial charge is 0.338 e. The zero-order valence-corrected chi connectivity index (χ0v) is 16.3. The van der Waals surface area contributed by atoms with E-state index in [0.717, 1.165) is 16.4 Å². The average molecular weight is 404 g/mol. The number of rotatable bonds is 8. The summed E-state index contributed by atoms with van der Waals surface area (Å²) in [6.45, 7) is 7.14. The third-order valence-electron chi connectivity index (χ3n) is 3.92. The van der Waals surface area contributed by atoms with Gasteiger partial charge in [-0.05, 0) is 43.7 Å². The van der Waals surface area contributed by atoms with Crippen LogP contribution in [0.2, 0.25) is 0 Å². The number of anilines is 1. The van der Waals surface area contributed by atoms with Gasteiger partial charge in [-0.25, -0.2) is 13.2 Å². The van der Waals surface area contributed by atoms with Gasteiger partial charge >= 0.3 is 5.97 Å². The van der Waals surface area contributed by atoms with Crippen LogP contribution < -0.4 is 4.31 Å². The Hall–Kier alpha value is -3.20. The van der Waals surface area contributed by atoms with Gasteiger partial charge in [0.1, 0.15) is 0 Å². The molecule has 9 heteroatoms. The molecule has 0 N–H and O–H groups in total. The molecule has 0 fully saturated rings. The molecule has 0 saturated carbocycles. The highest BCUT2D eigenvalue weighted by Gasteiger charge is 2.26. The maximum absolute atomic E-state index is 13.2. The number of nitro groups is 1. The molecule has 0 unspecified atom stereocenters. The molecule has 0 spiro atoms. The van der Waals surface area contributed by atoms with Gasteiger partial charge in [-0.1, -0.05) is 12.1 Å². The van der Waals surface area contributed by atoms with Gasteiger partial charge in [0.25, 0.3) is 15.7 Å². The first kappa shape index (κ1) is 21.1. The number of hydrogen-bond donors (Lipinski definition) is 0. The first-order valence-corrected chi connectivity index (χ1v) is 9.82. The Labute approximate surface area is 163 Å². The Morgan fingerprint density at radius 3 is 2.43 bits per heavy atom. The SMILES string of the molecule is C=CCN(c1cc(C(=O)OCC)ccc1C)S(=O)(=O)c1ccc([N+](=O)[O-])cc1. The predicted molar refractivity (Wildman–Crippen MR) is 105 cm³/mol. The van der Waals surface area contributed by atoms with Crippen LogP contribution in [0.15, 0.2) is 60.0 Å². The molecule has 0 aliphatic heterocycles. The fourth-order valence-electron chi connectivity index (χ4n) is 2.53. The number of hydrogen-bond acceptors (Lipinski definition) is 6. The zero-order valence-electron chi connectivity index (χ0n) is 15.5. The molecule has 2 aromatic carbocycles. The monoisotopic (exact) mass is 404 g/mol. The van der Waals surface area contributed by atoms with Gasteiger partial charge in [-0.3, -0.25) is 14.4 Å². The summed E-state index contributed by atoms with van der Waals surface area (Å²) < 4.78 is 32.4. The van der Waals surface area contributed by atoms with Crippen LogP contribution in [-0.4, -0.2) is 32.5 Å². The van der Waals surface area contributed by atoms with Gasteiger partial charge in [0.05, 0.1) is 34.2 Å². The fourth-order valence-corrected chi connectivity index (χ4v) is 4.02.